The maximum atomic E-state index is 14.1. The van der Waals surface area contributed by atoms with Crippen molar-refractivity contribution < 1.29 is 9.18 Å². The summed E-state index contributed by atoms with van der Waals surface area (Å²) in [6.07, 6.45) is 0.968. The van der Waals surface area contributed by atoms with Gasteiger partial charge in [0.05, 0.1) is 5.56 Å². The molecule has 120 valence electrons. The van der Waals surface area contributed by atoms with E-state index >= 15 is 0 Å². The van der Waals surface area contributed by atoms with Gasteiger partial charge >= 0.3 is 0 Å². The van der Waals surface area contributed by atoms with Gasteiger partial charge in [0.2, 0.25) is 5.91 Å². The van der Waals surface area contributed by atoms with E-state index in [1.165, 1.54) is 17.8 Å². The molecule has 2 aromatic rings. The summed E-state index contributed by atoms with van der Waals surface area (Å²) in [5.41, 5.74) is 0.322. The normalized spacial score (nSPS) is 16.8. The van der Waals surface area contributed by atoms with Crippen LogP contribution in [0.4, 0.5) is 10.2 Å². The Hall–Kier alpha value is -2.15. The van der Waals surface area contributed by atoms with Gasteiger partial charge in [-0.25, -0.2) is 9.37 Å². The molecule has 1 aromatic carbocycles. The monoisotopic (exact) mass is 333 g/mol. The molecule has 0 aliphatic carbocycles. The molecule has 1 amide bonds. The Morgan fingerprint density at radius 1 is 1.35 bits per heavy atom. The fraction of sp³-hybridized carbons (Fsp3) is 0.312. The highest BCUT2D eigenvalue weighted by Gasteiger charge is 2.32. The fourth-order valence-corrected chi connectivity index (χ4v) is 3.36. The molecular weight excluding hydrogens is 317 g/mol. The van der Waals surface area contributed by atoms with Crippen LogP contribution in [-0.2, 0) is 4.79 Å². The fourth-order valence-electron chi connectivity index (χ4n) is 2.64. The molecule has 0 unspecified atom stereocenters. The van der Waals surface area contributed by atoms with Gasteiger partial charge in [-0.05, 0) is 18.1 Å². The number of carbonyl (C=O) groups excluding carboxylic acids is 1. The summed E-state index contributed by atoms with van der Waals surface area (Å²) < 4.78 is 14.1. The number of hydrogen-bond donors (Lipinski definition) is 2. The van der Waals surface area contributed by atoms with Crippen LogP contribution in [0.2, 0.25) is 0 Å². The number of aromatic amines is 1. The molecule has 0 saturated heterocycles. The first-order chi connectivity index (χ1) is 11.1. The molecule has 0 spiro atoms. The van der Waals surface area contributed by atoms with Gasteiger partial charge in [-0.1, -0.05) is 36.9 Å². The number of amides is 1. The van der Waals surface area contributed by atoms with Gasteiger partial charge in [0.15, 0.2) is 5.16 Å². The van der Waals surface area contributed by atoms with Gasteiger partial charge in [0.25, 0.3) is 5.56 Å². The van der Waals surface area contributed by atoms with Crippen LogP contribution in [0.25, 0.3) is 0 Å². The van der Waals surface area contributed by atoms with Crippen LogP contribution in [0.1, 0.15) is 36.8 Å². The number of anilines is 1. The smallest absolute Gasteiger partial charge is 0.257 e. The molecule has 3 rings (SSSR count). The zero-order valence-corrected chi connectivity index (χ0v) is 13.4. The van der Waals surface area contributed by atoms with Crippen LogP contribution in [0.5, 0.6) is 0 Å². The number of rotatable bonds is 4. The molecule has 0 fully saturated rings. The first kappa shape index (κ1) is 15.7. The average molecular weight is 333 g/mol. The van der Waals surface area contributed by atoms with E-state index in [0.29, 0.717) is 16.3 Å². The average Bonchev–Trinajstić information content (AvgIpc) is 2.52. The Balaban J connectivity index is 2.09. The summed E-state index contributed by atoms with van der Waals surface area (Å²) in [6, 6.07) is 6.20. The lowest BCUT2D eigenvalue weighted by Crippen LogP contribution is -2.31. The van der Waals surface area contributed by atoms with Crippen molar-refractivity contribution >= 4 is 23.5 Å². The van der Waals surface area contributed by atoms with Crippen molar-refractivity contribution in [2.24, 2.45) is 0 Å². The van der Waals surface area contributed by atoms with E-state index in [0.717, 1.165) is 12.2 Å². The minimum atomic E-state index is -0.624. The van der Waals surface area contributed by atoms with Gasteiger partial charge in [-0.3, -0.25) is 9.59 Å². The molecule has 0 radical (unpaired) electrons. The largest absolute Gasteiger partial charge is 0.310 e. The van der Waals surface area contributed by atoms with Crippen LogP contribution in [-0.4, -0.2) is 21.6 Å². The lowest BCUT2D eigenvalue weighted by molar-refractivity contribution is -0.116. The minimum Gasteiger partial charge on any atom is -0.310 e. The highest BCUT2D eigenvalue weighted by atomic mass is 32.2. The summed E-state index contributed by atoms with van der Waals surface area (Å²) in [4.78, 5) is 31.5. The zero-order valence-electron chi connectivity index (χ0n) is 12.6. The van der Waals surface area contributed by atoms with Crippen LogP contribution in [0, 0.1) is 5.82 Å². The maximum absolute atomic E-state index is 14.1. The van der Waals surface area contributed by atoms with Crippen molar-refractivity contribution in [1.29, 1.82) is 0 Å². The third-order valence-corrected chi connectivity index (χ3v) is 4.73. The van der Waals surface area contributed by atoms with Crippen LogP contribution in [0.3, 0.4) is 0 Å². The van der Waals surface area contributed by atoms with Crippen molar-refractivity contribution in [2.75, 3.05) is 11.1 Å². The van der Waals surface area contributed by atoms with E-state index in [1.807, 2.05) is 6.92 Å². The van der Waals surface area contributed by atoms with E-state index in [9.17, 15) is 14.0 Å². The summed E-state index contributed by atoms with van der Waals surface area (Å²) in [7, 11) is 0. The second-order valence-electron chi connectivity index (χ2n) is 5.31. The van der Waals surface area contributed by atoms with E-state index in [4.69, 9.17) is 0 Å². The Morgan fingerprint density at radius 3 is 2.87 bits per heavy atom. The van der Waals surface area contributed by atoms with Crippen LogP contribution < -0.4 is 10.9 Å². The molecule has 1 atom stereocenters. The highest BCUT2D eigenvalue weighted by Crippen LogP contribution is 2.35. The number of hydrogen-bond acceptors (Lipinski definition) is 4. The number of thioether (sulfide) groups is 1. The number of benzene rings is 1. The molecular formula is C16H16FN3O2S. The predicted molar refractivity (Wildman–Crippen MR) is 87.4 cm³/mol. The molecule has 1 aromatic heterocycles. The first-order valence-corrected chi connectivity index (χ1v) is 8.40. The van der Waals surface area contributed by atoms with Crippen LogP contribution >= 0.6 is 11.8 Å². The lowest BCUT2D eigenvalue weighted by atomic mass is 9.86. The van der Waals surface area contributed by atoms with Crippen molar-refractivity contribution in [3.05, 3.63) is 51.6 Å². The van der Waals surface area contributed by atoms with E-state index in [2.05, 4.69) is 15.3 Å². The van der Waals surface area contributed by atoms with Crippen molar-refractivity contribution in [1.82, 2.24) is 9.97 Å². The van der Waals surface area contributed by atoms with Gasteiger partial charge in [-0.15, -0.1) is 0 Å². The SMILES string of the molecule is CCCSc1nc2c(c(=O)[nH]1)[C@H](c1ccccc1F)CC(=O)N2. The van der Waals surface area contributed by atoms with Crippen molar-refractivity contribution in [3.63, 3.8) is 0 Å². The number of halogens is 1. The minimum absolute atomic E-state index is 0.0279. The Labute approximate surface area is 136 Å². The third kappa shape index (κ3) is 3.14. The molecule has 0 saturated carbocycles. The Morgan fingerprint density at radius 2 is 2.13 bits per heavy atom. The van der Waals surface area contributed by atoms with E-state index in [1.54, 1.807) is 18.2 Å². The molecule has 1 aliphatic heterocycles. The Bertz CT molecular complexity index is 806. The maximum Gasteiger partial charge on any atom is 0.257 e. The first-order valence-electron chi connectivity index (χ1n) is 7.41. The molecule has 7 heteroatoms. The highest BCUT2D eigenvalue weighted by molar-refractivity contribution is 7.99. The number of H-pyrrole nitrogens is 1. The van der Waals surface area contributed by atoms with E-state index in [-0.39, 0.29) is 23.7 Å². The molecule has 0 bridgehead atoms. The number of fused-ring (bicyclic) bond motifs is 1. The molecule has 2 heterocycles. The number of nitrogens with zero attached hydrogens (tertiary/aromatic N) is 1. The number of aromatic nitrogens is 2. The zero-order chi connectivity index (χ0) is 16.4. The predicted octanol–water partition coefficient (Wildman–Crippen LogP) is 2.89. The summed E-state index contributed by atoms with van der Waals surface area (Å²) in [5.74, 6) is -0.276. The Kier molecular flexibility index (Phi) is 4.47. The standard InChI is InChI=1S/C16H16FN3O2S/c1-2-7-23-16-19-14-13(15(22)20-16)10(8-12(21)18-14)9-5-3-4-6-11(9)17/h3-6,10H,2,7-8H2,1H3,(H2,18,19,20,21,22)/t10-/m0/s1. The summed E-state index contributed by atoms with van der Waals surface area (Å²) in [5, 5.41) is 3.09. The number of carbonyl (C=O) groups is 1. The summed E-state index contributed by atoms with van der Waals surface area (Å²) in [6.45, 7) is 2.03. The summed E-state index contributed by atoms with van der Waals surface area (Å²) >= 11 is 1.42. The van der Waals surface area contributed by atoms with Gasteiger partial charge in [0.1, 0.15) is 11.6 Å². The van der Waals surface area contributed by atoms with Crippen molar-refractivity contribution in [3.8, 4) is 0 Å². The topological polar surface area (TPSA) is 74.8 Å². The quantitative estimate of drug-likeness (QED) is 0.666. The molecule has 2 N–H and O–H groups in total. The van der Waals surface area contributed by atoms with E-state index < -0.39 is 11.7 Å². The van der Waals surface area contributed by atoms with Gasteiger partial charge in [-0.2, -0.15) is 0 Å². The molecule has 23 heavy (non-hydrogen) atoms. The second-order valence-corrected chi connectivity index (χ2v) is 6.39. The van der Waals surface area contributed by atoms with Crippen molar-refractivity contribution in [2.45, 2.75) is 30.8 Å². The number of nitrogens with one attached hydrogen (secondary N) is 2. The van der Waals surface area contributed by atoms with Gasteiger partial charge < -0.3 is 10.3 Å². The third-order valence-electron chi connectivity index (χ3n) is 3.65. The lowest BCUT2D eigenvalue weighted by Gasteiger charge is -2.24. The molecule has 1 aliphatic rings. The second kappa shape index (κ2) is 6.54. The molecule has 5 nitrogen and oxygen atoms in total. The van der Waals surface area contributed by atoms with Gasteiger partial charge in [0, 0.05) is 18.1 Å². The van der Waals surface area contributed by atoms with Crippen LogP contribution in [0.15, 0.2) is 34.2 Å².